The molecule has 3 aromatic rings. The highest BCUT2D eigenvalue weighted by Crippen LogP contribution is 2.21. The van der Waals surface area contributed by atoms with Crippen molar-refractivity contribution in [3.8, 4) is 0 Å². The number of nitrogens with zero attached hydrogens (tertiary/aromatic N) is 1. The Kier molecular flexibility index (Phi) is 4.30. The van der Waals surface area contributed by atoms with E-state index in [4.69, 9.17) is 0 Å². The van der Waals surface area contributed by atoms with Gasteiger partial charge in [0, 0.05) is 27.7 Å². The molecule has 1 amide bonds. The highest BCUT2D eigenvalue weighted by atomic mass is 79.9. The minimum Gasteiger partial charge on any atom is -0.321 e. The molecule has 0 saturated heterocycles. The van der Waals surface area contributed by atoms with Crippen LogP contribution in [0.4, 0.5) is 5.69 Å². The SMILES string of the molecule is O=C(/C=C/c1cccc2cccnc12)Nc1ccccc1Br. The van der Waals surface area contributed by atoms with Gasteiger partial charge in [-0.15, -0.1) is 0 Å². The molecule has 3 rings (SSSR count). The number of aromatic nitrogens is 1. The number of rotatable bonds is 3. The summed E-state index contributed by atoms with van der Waals surface area (Å²) >= 11 is 3.40. The number of nitrogens with one attached hydrogen (secondary N) is 1. The Balaban J connectivity index is 1.81. The molecule has 0 atom stereocenters. The minimum atomic E-state index is -0.181. The second kappa shape index (κ2) is 6.54. The molecule has 3 nitrogen and oxygen atoms in total. The van der Waals surface area contributed by atoms with Crippen LogP contribution in [-0.4, -0.2) is 10.9 Å². The largest absolute Gasteiger partial charge is 0.321 e. The molecule has 1 N–H and O–H groups in total. The third-order valence-electron chi connectivity index (χ3n) is 3.21. The molecule has 0 aliphatic heterocycles. The van der Waals surface area contributed by atoms with Gasteiger partial charge in [-0.1, -0.05) is 36.4 Å². The Bertz CT molecular complexity index is 853. The summed E-state index contributed by atoms with van der Waals surface area (Å²) in [5, 5.41) is 3.89. The predicted molar refractivity (Wildman–Crippen MR) is 93.5 cm³/mol. The van der Waals surface area contributed by atoms with Gasteiger partial charge in [-0.2, -0.15) is 0 Å². The van der Waals surface area contributed by atoms with E-state index >= 15 is 0 Å². The van der Waals surface area contributed by atoms with Crippen molar-refractivity contribution in [3.05, 3.63) is 76.9 Å². The van der Waals surface area contributed by atoms with Gasteiger partial charge in [0.05, 0.1) is 11.2 Å². The fourth-order valence-corrected chi connectivity index (χ4v) is 2.55. The molecule has 0 fully saturated rings. The van der Waals surface area contributed by atoms with Crippen molar-refractivity contribution in [2.45, 2.75) is 0 Å². The van der Waals surface area contributed by atoms with Gasteiger partial charge in [-0.05, 0) is 40.2 Å². The smallest absolute Gasteiger partial charge is 0.248 e. The van der Waals surface area contributed by atoms with Crippen LogP contribution in [0.3, 0.4) is 0 Å². The molecule has 108 valence electrons. The number of hydrogen-bond acceptors (Lipinski definition) is 2. The first kappa shape index (κ1) is 14.5. The van der Waals surface area contributed by atoms with Gasteiger partial charge in [0.15, 0.2) is 0 Å². The second-order valence-corrected chi connectivity index (χ2v) is 5.58. The lowest BCUT2D eigenvalue weighted by molar-refractivity contribution is -0.111. The third kappa shape index (κ3) is 3.23. The number of carbonyl (C=O) groups is 1. The van der Waals surface area contributed by atoms with E-state index in [1.54, 1.807) is 12.3 Å². The molecular formula is C18H13BrN2O. The highest BCUT2D eigenvalue weighted by molar-refractivity contribution is 9.10. The number of fused-ring (bicyclic) bond motifs is 1. The summed E-state index contributed by atoms with van der Waals surface area (Å²) in [7, 11) is 0. The average Bonchev–Trinajstić information content (AvgIpc) is 2.55. The number of halogens is 1. The standard InChI is InChI=1S/C18H13BrN2O/c19-15-8-1-2-9-16(15)21-17(22)11-10-14-6-3-5-13-7-4-12-20-18(13)14/h1-12H,(H,21,22)/b11-10+. The lowest BCUT2D eigenvalue weighted by Gasteiger charge is -2.04. The van der Waals surface area contributed by atoms with Gasteiger partial charge in [0.1, 0.15) is 0 Å². The molecular weight excluding hydrogens is 340 g/mol. The molecule has 4 heteroatoms. The Hall–Kier alpha value is -2.46. The lowest BCUT2D eigenvalue weighted by atomic mass is 10.1. The summed E-state index contributed by atoms with van der Waals surface area (Å²) in [6.07, 6.45) is 5.05. The van der Waals surface area contributed by atoms with Gasteiger partial charge >= 0.3 is 0 Å². The van der Waals surface area contributed by atoms with Crippen LogP contribution in [0.5, 0.6) is 0 Å². The van der Waals surface area contributed by atoms with Gasteiger partial charge in [-0.25, -0.2) is 0 Å². The first-order chi connectivity index (χ1) is 10.7. The molecule has 0 bridgehead atoms. The van der Waals surface area contributed by atoms with Gasteiger partial charge in [0.25, 0.3) is 0 Å². The Morgan fingerprint density at radius 1 is 1.05 bits per heavy atom. The summed E-state index contributed by atoms with van der Waals surface area (Å²) < 4.78 is 0.851. The number of amides is 1. The van der Waals surface area contributed by atoms with Crippen molar-refractivity contribution in [2.24, 2.45) is 0 Å². The van der Waals surface area contributed by atoms with Crippen molar-refractivity contribution in [1.29, 1.82) is 0 Å². The van der Waals surface area contributed by atoms with Crippen molar-refractivity contribution in [1.82, 2.24) is 4.98 Å². The molecule has 0 aliphatic carbocycles. The number of pyridine rings is 1. The molecule has 1 aromatic heterocycles. The molecule has 0 aliphatic rings. The Labute approximate surface area is 136 Å². The molecule has 0 unspecified atom stereocenters. The van der Waals surface area contributed by atoms with Crippen LogP contribution in [0.1, 0.15) is 5.56 Å². The van der Waals surface area contributed by atoms with Gasteiger partial charge < -0.3 is 5.32 Å². The number of anilines is 1. The van der Waals surface area contributed by atoms with E-state index in [0.29, 0.717) is 0 Å². The molecule has 0 spiro atoms. The number of benzene rings is 2. The van der Waals surface area contributed by atoms with E-state index in [1.807, 2.05) is 54.6 Å². The van der Waals surface area contributed by atoms with Crippen LogP contribution in [0.2, 0.25) is 0 Å². The van der Waals surface area contributed by atoms with E-state index in [1.165, 1.54) is 6.08 Å². The van der Waals surface area contributed by atoms with Crippen LogP contribution in [0, 0.1) is 0 Å². The van der Waals surface area contributed by atoms with Crippen molar-refractivity contribution in [2.75, 3.05) is 5.32 Å². The van der Waals surface area contributed by atoms with E-state index < -0.39 is 0 Å². The third-order valence-corrected chi connectivity index (χ3v) is 3.90. The molecule has 22 heavy (non-hydrogen) atoms. The first-order valence-corrected chi connectivity index (χ1v) is 7.61. The zero-order valence-corrected chi connectivity index (χ0v) is 13.2. The summed E-state index contributed by atoms with van der Waals surface area (Å²) in [6, 6.07) is 17.3. The summed E-state index contributed by atoms with van der Waals surface area (Å²) in [4.78, 5) is 16.4. The normalized spacial score (nSPS) is 11.0. The minimum absolute atomic E-state index is 0.181. The number of hydrogen-bond donors (Lipinski definition) is 1. The van der Waals surface area contributed by atoms with Crippen LogP contribution in [0.25, 0.3) is 17.0 Å². The Morgan fingerprint density at radius 3 is 2.73 bits per heavy atom. The quantitative estimate of drug-likeness (QED) is 0.697. The first-order valence-electron chi connectivity index (χ1n) is 6.81. The van der Waals surface area contributed by atoms with Crippen molar-refractivity contribution in [3.63, 3.8) is 0 Å². The summed E-state index contributed by atoms with van der Waals surface area (Å²) in [5.41, 5.74) is 2.54. The van der Waals surface area contributed by atoms with Crippen molar-refractivity contribution < 1.29 is 4.79 Å². The number of carbonyl (C=O) groups excluding carboxylic acids is 1. The van der Waals surface area contributed by atoms with Crippen LogP contribution < -0.4 is 5.32 Å². The van der Waals surface area contributed by atoms with Gasteiger partial charge in [0.2, 0.25) is 5.91 Å². The second-order valence-electron chi connectivity index (χ2n) is 4.72. The van der Waals surface area contributed by atoms with Crippen LogP contribution in [-0.2, 0) is 4.79 Å². The maximum absolute atomic E-state index is 12.0. The van der Waals surface area contributed by atoms with Crippen LogP contribution in [0.15, 0.2) is 71.3 Å². The molecule has 0 saturated carbocycles. The zero-order valence-electron chi connectivity index (χ0n) is 11.7. The van der Waals surface area contributed by atoms with Crippen molar-refractivity contribution >= 4 is 44.5 Å². The predicted octanol–water partition coefficient (Wildman–Crippen LogP) is 4.65. The monoisotopic (exact) mass is 352 g/mol. The number of para-hydroxylation sites is 2. The van der Waals surface area contributed by atoms with Gasteiger partial charge in [-0.3, -0.25) is 9.78 Å². The topological polar surface area (TPSA) is 42.0 Å². The zero-order chi connectivity index (χ0) is 15.4. The maximum Gasteiger partial charge on any atom is 0.248 e. The maximum atomic E-state index is 12.0. The average molecular weight is 353 g/mol. The van der Waals surface area contributed by atoms with E-state index in [0.717, 1.165) is 26.6 Å². The molecule has 2 aromatic carbocycles. The van der Waals surface area contributed by atoms with E-state index in [-0.39, 0.29) is 5.91 Å². The summed E-state index contributed by atoms with van der Waals surface area (Å²) in [5.74, 6) is -0.181. The fraction of sp³-hybridized carbons (Fsp3) is 0. The lowest BCUT2D eigenvalue weighted by Crippen LogP contribution is -2.08. The summed E-state index contributed by atoms with van der Waals surface area (Å²) in [6.45, 7) is 0. The fourth-order valence-electron chi connectivity index (χ4n) is 2.16. The van der Waals surface area contributed by atoms with E-state index in [9.17, 15) is 4.79 Å². The van der Waals surface area contributed by atoms with E-state index in [2.05, 4.69) is 26.2 Å². The molecule has 1 heterocycles. The Morgan fingerprint density at radius 2 is 1.86 bits per heavy atom. The molecule has 0 radical (unpaired) electrons. The highest BCUT2D eigenvalue weighted by Gasteiger charge is 2.02. The van der Waals surface area contributed by atoms with Crippen LogP contribution >= 0.6 is 15.9 Å².